The molecule has 1 N–H and O–H groups in total. The summed E-state index contributed by atoms with van der Waals surface area (Å²) in [6.07, 6.45) is 2.78. The van der Waals surface area contributed by atoms with Crippen LogP contribution < -0.4 is 10.9 Å². The summed E-state index contributed by atoms with van der Waals surface area (Å²) in [5, 5.41) is 2.81. The fourth-order valence-corrected chi connectivity index (χ4v) is 4.86. The van der Waals surface area contributed by atoms with E-state index < -0.39 is 0 Å². The molecule has 1 saturated heterocycles. The van der Waals surface area contributed by atoms with Crippen molar-refractivity contribution in [2.24, 2.45) is 11.8 Å². The number of rotatable bonds is 5. The van der Waals surface area contributed by atoms with Crippen LogP contribution in [-0.2, 0) is 6.54 Å². The van der Waals surface area contributed by atoms with Crippen molar-refractivity contribution >= 4 is 5.91 Å². The van der Waals surface area contributed by atoms with Gasteiger partial charge in [0, 0.05) is 67.7 Å². The minimum absolute atomic E-state index is 0.0368. The van der Waals surface area contributed by atoms with Gasteiger partial charge in [-0.2, -0.15) is 0 Å². The van der Waals surface area contributed by atoms with E-state index in [1.54, 1.807) is 24.4 Å². The van der Waals surface area contributed by atoms with Gasteiger partial charge in [-0.15, -0.1) is 0 Å². The van der Waals surface area contributed by atoms with Crippen molar-refractivity contribution in [1.82, 2.24) is 19.8 Å². The van der Waals surface area contributed by atoms with Crippen LogP contribution in [0, 0.1) is 11.8 Å². The number of carbonyl (C=O) groups excluding carboxylic acids is 1. The molecule has 1 amide bonds. The average Bonchev–Trinajstić information content (AvgIpc) is 2.68. The van der Waals surface area contributed by atoms with Crippen LogP contribution in [0.2, 0.25) is 0 Å². The second-order valence-corrected chi connectivity index (χ2v) is 8.82. The van der Waals surface area contributed by atoms with Gasteiger partial charge >= 0.3 is 0 Å². The lowest BCUT2D eigenvalue weighted by molar-refractivity contribution is 0.0955. The Balaban J connectivity index is 1.68. The number of nitrogens with zero attached hydrogens (tertiary/aromatic N) is 3. The molecule has 2 aromatic heterocycles. The molecule has 4 rings (SSSR count). The standard InChI is InChI=1S/C23H30N4O2/c1-4-24-23(29)17-5-6-25-20(8-17)18-9-21-19-7-16(13-27(21)22(28)10-18)12-26(14-19)11-15(2)3/h5-6,8-10,15-16,19H,4,7,11-14H2,1-3H3,(H,24,29)/t16-,19+/m0/s1. The van der Waals surface area contributed by atoms with E-state index in [9.17, 15) is 9.59 Å². The second-order valence-electron chi connectivity index (χ2n) is 8.82. The molecular formula is C23H30N4O2. The third-order valence-electron chi connectivity index (χ3n) is 5.91. The lowest BCUT2D eigenvalue weighted by Crippen LogP contribution is -2.48. The van der Waals surface area contributed by atoms with E-state index in [2.05, 4.69) is 35.1 Å². The van der Waals surface area contributed by atoms with Crippen molar-refractivity contribution in [3.63, 3.8) is 0 Å². The highest BCUT2D eigenvalue weighted by Crippen LogP contribution is 2.36. The van der Waals surface area contributed by atoms with Crippen molar-refractivity contribution < 1.29 is 4.79 Å². The Morgan fingerprint density at radius 1 is 1.24 bits per heavy atom. The first kappa shape index (κ1) is 19.8. The number of piperidine rings is 1. The number of nitrogens with one attached hydrogen (secondary N) is 1. The van der Waals surface area contributed by atoms with Gasteiger partial charge in [0.25, 0.3) is 11.5 Å². The van der Waals surface area contributed by atoms with Gasteiger partial charge in [0.1, 0.15) is 0 Å². The van der Waals surface area contributed by atoms with Crippen LogP contribution in [0.3, 0.4) is 0 Å². The van der Waals surface area contributed by atoms with Crippen LogP contribution in [0.15, 0.2) is 35.3 Å². The lowest BCUT2D eigenvalue weighted by atomic mass is 9.82. The summed E-state index contributed by atoms with van der Waals surface area (Å²) in [6, 6.07) is 7.26. The molecule has 2 aliphatic rings. The molecule has 0 saturated carbocycles. The van der Waals surface area contributed by atoms with E-state index in [0.717, 1.165) is 43.9 Å². The van der Waals surface area contributed by atoms with Gasteiger partial charge in [-0.3, -0.25) is 14.6 Å². The first-order chi connectivity index (χ1) is 13.9. The Labute approximate surface area is 172 Å². The van der Waals surface area contributed by atoms with Crippen LogP contribution in [0.25, 0.3) is 11.3 Å². The van der Waals surface area contributed by atoms with E-state index in [-0.39, 0.29) is 11.5 Å². The zero-order chi connectivity index (χ0) is 20.5. The lowest BCUT2D eigenvalue weighted by Gasteiger charge is -2.43. The van der Waals surface area contributed by atoms with E-state index in [0.29, 0.717) is 35.6 Å². The molecule has 6 nitrogen and oxygen atoms in total. The topological polar surface area (TPSA) is 67.2 Å². The zero-order valence-corrected chi connectivity index (χ0v) is 17.5. The van der Waals surface area contributed by atoms with Crippen LogP contribution in [0.4, 0.5) is 0 Å². The molecular weight excluding hydrogens is 364 g/mol. The molecule has 2 aliphatic heterocycles. The number of aromatic nitrogens is 2. The van der Waals surface area contributed by atoms with E-state index >= 15 is 0 Å². The van der Waals surface area contributed by atoms with Crippen LogP contribution in [-0.4, -0.2) is 46.5 Å². The van der Waals surface area contributed by atoms with E-state index in [4.69, 9.17) is 0 Å². The van der Waals surface area contributed by atoms with Crippen molar-refractivity contribution in [2.75, 3.05) is 26.2 Å². The van der Waals surface area contributed by atoms with Gasteiger partial charge in [0.2, 0.25) is 0 Å². The fourth-order valence-electron chi connectivity index (χ4n) is 4.86. The molecule has 154 valence electrons. The van der Waals surface area contributed by atoms with E-state index in [1.807, 2.05) is 11.5 Å². The summed E-state index contributed by atoms with van der Waals surface area (Å²) in [7, 11) is 0. The summed E-state index contributed by atoms with van der Waals surface area (Å²) in [6.45, 7) is 11.0. The smallest absolute Gasteiger partial charge is 0.251 e. The third-order valence-corrected chi connectivity index (χ3v) is 5.91. The van der Waals surface area contributed by atoms with Gasteiger partial charge in [-0.25, -0.2) is 0 Å². The number of pyridine rings is 2. The maximum atomic E-state index is 12.9. The highest BCUT2D eigenvalue weighted by atomic mass is 16.1. The predicted octanol–water partition coefficient (Wildman–Crippen LogP) is 2.74. The molecule has 2 atom stereocenters. The number of hydrogen-bond donors (Lipinski definition) is 1. The predicted molar refractivity (Wildman–Crippen MR) is 114 cm³/mol. The van der Waals surface area contributed by atoms with Crippen LogP contribution >= 0.6 is 0 Å². The van der Waals surface area contributed by atoms with Gasteiger partial charge in [0.15, 0.2) is 0 Å². The SMILES string of the molecule is CCNC(=O)c1ccnc(-c2cc3n(c(=O)c2)C[C@H]2C[C@@H]3CN(CC(C)C)C2)c1. The molecule has 0 radical (unpaired) electrons. The van der Waals surface area contributed by atoms with Crippen molar-refractivity contribution in [1.29, 1.82) is 0 Å². The average molecular weight is 395 g/mol. The number of likely N-dealkylation sites (tertiary alicyclic amines) is 1. The van der Waals surface area contributed by atoms with Crippen LogP contribution in [0.1, 0.15) is 49.2 Å². The summed E-state index contributed by atoms with van der Waals surface area (Å²) in [4.78, 5) is 32.1. The molecule has 0 aliphatic carbocycles. The van der Waals surface area contributed by atoms with Gasteiger partial charge in [-0.1, -0.05) is 13.8 Å². The molecule has 2 bridgehead atoms. The Bertz CT molecular complexity index is 966. The zero-order valence-electron chi connectivity index (χ0n) is 17.5. The molecule has 0 aromatic carbocycles. The largest absolute Gasteiger partial charge is 0.352 e. The molecule has 0 spiro atoms. The second kappa shape index (κ2) is 8.11. The van der Waals surface area contributed by atoms with Crippen LogP contribution in [0.5, 0.6) is 0 Å². The molecule has 4 heterocycles. The van der Waals surface area contributed by atoms with E-state index in [1.165, 1.54) is 0 Å². The first-order valence-corrected chi connectivity index (χ1v) is 10.7. The molecule has 1 fully saturated rings. The summed E-state index contributed by atoms with van der Waals surface area (Å²) < 4.78 is 1.96. The Morgan fingerprint density at radius 2 is 2.07 bits per heavy atom. The normalized spacial score (nSPS) is 21.1. The fraction of sp³-hybridized carbons (Fsp3) is 0.522. The quantitative estimate of drug-likeness (QED) is 0.847. The van der Waals surface area contributed by atoms with Crippen molar-refractivity contribution in [3.8, 4) is 11.3 Å². The minimum Gasteiger partial charge on any atom is -0.352 e. The van der Waals surface area contributed by atoms with Crippen molar-refractivity contribution in [2.45, 2.75) is 39.7 Å². The number of hydrogen-bond acceptors (Lipinski definition) is 4. The number of carbonyl (C=O) groups is 1. The highest BCUT2D eigenvalue weighted by Gasteiger charge is 2.35. The monoisotopic (exact) mass is 394 g/mol. The molecule has 2 aromatic rings. The molecule has 6 heteroatoms. The van der Waals surface area contributed by atoms with Crippen molar-refractivity contribution in [3.05, 3.63) is 52.1 Å². The summed E-state index contributed by atoms with van der Waals surface area (Å²) in [5.74, 6) is 1.44. The summed E-state index contributed by atoms with van der Waals surface area (Å²) >= 11 is 0. The number of fused-ring (bicyclic) bond motifs is 4. The highest BCUT2D eigenvalue weighted by molar-refractivity contribution is 5.95. The Kier molecular flexibility index (Phi) is 5.54. The maximum Gasteiger partial charge on any atom is 0.251 e. The summed E-state index contributed by atoms with van der Waals surface area (Å²) in [5.41, 5.74) is 3.19. The Hall–Kier alpha value is -2.47. The van der Waals surface area contributed by atoms with Gasteiger partial charge < -0.3 is 14.8 Å². The molecule has 0 unspecified atom stereocenters. The first-order valence-electron chi connectivity index (χ1n) is 10.7. The van der Waals surface area contributed by atoms with Gasteiger partial charge in [0.05, 0.1) is 5.69 Å². The van der Waals surface area contributed by atoms with Gasteiger partial charge in [-0.05, 0) is 43.4 Å². The maximum absolute atomic E-state index is 12.9. The number of amides is 1. The Morgan fingerprint density at radius 3 is 2.83 bits per heavy atom. The third kappa shape index (κ3) is 4.13. The minimum atomic E-state index is -0.120. The molecule has 29 heavy (non-hydrogen) atoms.